The molecule has 1 aliphatic rings. The number of amides is 1. The number of fused-ring (bicyclic) bond motifs is 1. The second-order valence-electron chi connectivity index (χ2n) is 11.3. The van der Waals surface area contributed by atoms with E-state index in [1.165, 1.54) is 29.2 Å². The molecular formula is C29H32F4N2O2Si. The maximum Gasteiger partial charge on any atom is 0.416 e. The van der Waals surface area contributed by atoms with Gasteiger partial charge in [0.05, 0.1) is 16.8 Å². The van der Waals surface area contributed by atoms with E-state index in [-0.39, 0.29) is 23.0 Å². The lowest BCUT2D eigenvalue weighted by atomic mass is 10.0. The molecule has 38 heavy (non-hydrogen) atoms. The largest absolute Gasteiger partial charge is 0.543 e. The molecule has 0 unspecified atom stereocenters. The average Bonchev–Trinajstić information content (AvgIpc) is 2.78. The Morgan fingerprint density at radius 2 is 1.42 bits per heavy atom. The summed E-state index contributed by atoms with van der Waals surface area (Å²) in [6.45, 7) is 14.3. The molecule has 202 valence electrons. The number of halogens is 4. The molecule has 0 atom stereocenters. The Balaban J connectivity index is 1.79. The first kappa shape index (κ1) is 27.7. The Morgan fingerprint density at radius 1 is 0.816 bits per heavy atom. The summed E-state index contributed by atoms with van der Waals surface area (Å²) in [6.07, 6.45) is -4.57. The van der Waals surface area contributed by atoms with E-state index in [0.717, 1.165) is 17.7 Å². The van der Waals surface area contributed by atoms with Crippen molar-refractivity contribution in [1.82, 2.24) is 0 Å². The Bertz CT molecular complexity index is 1400. The molecule has 0 bridgehead atoms. The standard InChI is InChI=1S/C29H32F4N2O2Si/c1-18-14-21(30)9-12-24(18)34-17-35(27(36)23-11-8-20(16-26(23)34)29(31,32)33)25-13-10-22(15-19(25)2)37-38(6,7)28(3,4)5/h8-16H,17H2,1-7H3. The zero-order chi connectivity index (χ0) is 28.2. The molecule has 0 fully saturated rings. The minimum absolute atomic E-state index is 0.00884. The van der Waals surface area contributed by atoms with Gasteiger partial charge in [-0.1, -0.05) is 20.8 Å². The molecule has 1 aliphatic heterocycles. The van der Waals surface area contributed by atoms with Crippen LogP contribution < -0.4 is 14.2 Å². The van der Waals surface area contributed by atoms with Gasteiger partial charge in [-0.2, -0.15) is 13.2 Å². The fraction of sp³-hybridized carbons (Fsp3) is 0.345. The molecule has 1 amide bonds. The van der Waals surface area contributed by atoms with Crippen LogP contribution in [-0.4, -0.2) is 20.9 Å². The first-order valence-corrected chi connectivity index (χ1v) is 15.3. The highest BCUT2D eigenvalue weighted by molar-refractivity contribution is 6.74. The summed E-state index contributed by atoms with van der Waals surface area (Å²) >= 11 is 0. The Morgan fingerprint density at radius 3 is 2.00 bits per heavy atom. The van der Waals surface area contributed by atoms with Gasteiger partial charge in [-0.25, -0.2) is 4.39 Å². The fourth-order valence-electron chi connectivity index (χ4n) is 4.29. The third-order valence-electron chi connectivity index (χ3n) is 7.46. The Hall–Kier alpha value is -3.33. The van der Waals surface area contributed by atoms with E-state index in [1.54, 1.807) is 17.9 Å². The first-order valence-electron chi connectivity index (χ1n) is 12.4. The summed E-state index contributed by atoms with van der Waals surface area (Å²) in [4.78, 5) is 16.8. The molecule has 0 N–H and O–H groups in total. The maximum absolute atomic E-state index is 13.9. The number of carbonyl (C=O) groups is 1. The Kier molecular flexibility index (Phi) is 6.89. The third-order valence-corrected chi connectivity index (χ3v) is 11.8. The van der Waals surface area contributed by atoms with E-state index >= 15 is 0 Å². The molecule has 0 saturated heterocycles. The topological polar surface area (TPSA) is 32.8 Å². The molecule has 0 saturated carbocycles. The van der Waals surface area contributed by atoms with E-state index < -0.39 is 31.8 Å². The van der Waals surface area contributed by atoms with Gasteiger partial charge in [-0.3, -0.25) is 9.69 Å². The van der Waals surface area contributed by atoms with Gasteiger partial charge in [0.2, 0.25) is 8.32 Å². The highest BCUT2D eigenvalue weighted by atomic mass is 28.4. The van der Waals surface area contributed by atoms with Crippen molar-refractivity contribution in [2.45, 2.75) is 58.9 Å². The van der Waals surface area contributed by atoms with Crippen molar-refractivity contribution >= 4 is 31.3 Å². The van der Waals surface area contributed by atoms with E-state index in [9.17, 15) is 22.4 Å². The van der Waals surface area contributed by atoms with Gasteiger partial charge in [-0.15, -0.1) is 0 Å². The first-order chi connectivity index (χ1) is 17.5. The van der Waals surface area contributed by atoms with Gasteiger partial charge >= 0.3 is 6.18 Å². The van der Waals surface area contributed by atoms with Gasteiger partial charge < -0.3 is 9.33 Å². The zero-order valence-corrected chi connectivity index (χ0v) is 23.6. The van der Waals surface area contributed by atoms with Crippen LogP contribution in [-0.2, 0) is 6.18 Å². The van der Waals surface area contributed by atoms with Crippen LogP contribution >= 0.6 is 0 Å². The molecule has 0 aliphatic carbocycles. The minimum Gasteiger partial charge on any atom is -0.543 e. The number of aryl methyl sites for hydroxylation is 2. The van der Waals surface area contributed by atoms with E-state index in [1.807, 2.05) is 19.1 Å². The van der Waals surface area contributed by atoms with Gasteiger partial charge in [-0.05, 0) is 97.7 Å². The highest BCUT2D eigenvalue weighted by Crippen LogP contribution is 2.42. The van der Waals surface area contributed by atoms with Crippen molar-refractivity contribution in [1.29, 1.82) is 0 Å². The van der Waals surface area contributed by atoms with Crippen LogP contribution in [0.3, 0.4) is 0 Å². The van der Waals surface area contributed by atoms with E-state index in [2.05, 4.69) is 33.9 Å². The summed E-state index contributed by atoms with van der Waals surface area (Å²) in [6, 6.07) is 12.7. The lowest BCUT2D eigenvalue weighted by Gasteiger charge is -2.40. The van der Waals surface area contributed by atoms with Gasteiger partial charge in [0.25, 0.3) is 5.91 Å². The molecule has 0 spiro atoms. The number of hydrogen-bond donors (Lipinski definition) is 0. The van der Waals surface area contributed by atoms with Crippen LogP contribution in [0.15, 0.2) is 54.6 Å². The van der Waals surface area contributed by atoms with Crippen LogP contribution in [0.2, 0.25) is 18.1 Å². The van der Waals surface area contributed by atoms with Gasteiger partial charge in [0.1, 0.15) is 18.2 Å². The van der Waals surface area contributed by atoms with E-state index in [0.29, 0.717) is 22.7 Å². The molecule has 4 rings (SSSR count). The van der Waals surface area contributed by atoms with Crippen molar-refractivity contribution in [2.24, 2.45) is 0 Å². The lowest BCUT2D eigenvalue weighted by Crippen LogP contribution is -2.45. The van der Waals surface area contributed by atoms with Crippen LogP contribution in [0.25, 0.3) is 0 Å². The summed E-state index contributed by atoms with van der Waals surface area (Å²) in [7, 11) is -2.08. The molecule has 4 nitrogen and oxygen atoms in total. The predicted molar refractivity (Wildman–Crippen MR) is 145 cm³/mol. The minimum atomic E-state index is -4.57. The number of alkyl halides is 3. The number of benzene rings is 3. The SMILES string of the molecule is Cc1cc(O[Si](C)(C)C(C)(C)C)ccc1N1CN(c2ccc(F)cc2C)c2cc(C(F)(F)F)ccc2C1=O. The van der Waals surface area contributed by atoms with E-state index in [4.69, 9.17) is 4.43 Å². The number of nitrogens with zero attached hydrogens (tertiary/aromatic N) is 2. The third kappa shape index (κ3) is 5.16. The van der Waals surface area contributed by atoms with Crippen LogP contribution in [0.1, 0.15) is 47.8 Å². The fourth-order valence-corrected chi connectivity index (χ4v) is 5.32. The number of rotatable bonds is 4. The summed E-state index contributed by atoms with van der Waals surface area (Å²) in [5, 5.41) is 0.00884. The van der Waals surface area contributed by atoms with Crippen LogP contribution in [0.4, 0.5) is 34.6 Å². The number of carbonyl (C=O) groups excluding carboxylic acids is 1. The number of anilines is 3. The molecule has 3 aromatic rings. The van der Waals surface area contributed by atoms with Gasteiger partial charge in [0.15, 0.2) is 0 Å². The lowest BCUT2D eigenvalue weighted by molar-refractivity contribution is -0.137. The normalized spacial score (nSPS) is 14.6. The second-order valence-corrected chi connectivity index (χ2v) is 16.0. The van der Waals surface area contributed by atoms with Gasteiger partial charge in [0, 0.05) is 11.4 Å². The van der Waals surface area contributed by atoms with Crippen molar-refractivity contribution in [3.05, 3.63) is 82.7 Å². The smallest absolute Gasteiger partial charge is 0.416 e. The quantitative estimate of drug-likeness (QED) is 0.244. The predicted octanol–water partition coefficient (Wildman–Crippen LogP) is 8.60. The second kappa shape index (κ2) is 9.45. The number of hydrogen-bond acceptors (Lipinski definition) is 3. The average molecular weight is 545 g/mol. The summed E-state index contributed by atoms with van der Waals surface area (Å²) < 4.78 is 61.0. The zero-order valence-electron chi connectivity index (χ0n) is 22.6. The van der Waals surface area contributed by atoms with Crippen LogP contribution in [0, 0.1) is 19.7 Å². The molecule has 9 heteroatoms. The molecule has 0 aromatic heterocycles. The molecule has 1 heterocycles. The monoisotopic (exact) mass is 544 g/mol. The van der Waals surface area contributed by atoms with Crippen molar-refractivity contribution in [2.75, 3.05) is 16.5 Å². The highest BCUT2D eigenvalue weighted by Gasteiger charge is 2.40. The maximum atomic E-state index is 13.9. The van der Waals surface area contributed by atoms with Crippen molar-refractivity contribution < 1.29 is 26.8 Å². The summed E-state index contributed by atoms with van der Waals surface area (Å²) in [5.41, 5.74) is 1.87. The molecule has 0 radical (unpaired) electrons. The summed E-state index contributed by atoms with van der Waals surface area (Å²) in [5.74, 6) is -0.150. The molecular weight excluding hydrogens is 512 g/mol. The van der Waals surface area contributed by atoms with Crippen LogP contribution in [0.5, 0.6) is 5.75 Å². The van der Waals surface area contributed by atoms with Crippen molar-refractivity contribution in [3.63, 3.8) is 0 Å². The van der Waals surface area contributed by atoms with Crippen molar-refractivity contribution in [3.8, 4) is 5.75 Å². The molecule has 3 aromatic carbocycles. The Labute approximate surface area is 222 Å².